The second kappa shape index (κ2) is 9.22. The Morgan fingerprint density at radius 2 is 1.79 bits per heavy atom. The van der Waals surface area contributed by atoms with Crippen LogP contribution in [-0.4, -0.2) is 19.1 Å². The van der Waals surface area contributed by atoms with Crippen LogP contribution in [0.3, 0.4) is 0 Å². The van der Waals surface area contributed by atoms with Gasteiger partial charge in [-0.1, -0.05) is 19.1 Å². The Labute approximate surface area is 114 Å². The fourth-order valence-corrected chi connectivity index (χ4v) is 1.54. The molecule has 0 aliphatic carbocycles. The molecule has 0 fully saturated rings. The lowest BCUT2D eigenvalue weighted by Gasteiger charge is -2.11. The van der Waals surface area contributed by atoms with E-state index in [1.165, 1.54) is 0 Å². The van der Waals surface area contributed by atoms with Gasteiger partial charge >= 0.3 is 0 Å². The van der Waals surface area contributed by atoms with Gasteiger partial charge in [0, 0.05) is 6.42 Å². The predicted octanol–water partition coefficient (Wildman–Crippen LogP) is 2.01. The number of hydrazine groups is 1. The minimum atomic E-state index is -0.147. The smallest absolute Gasteiger partial charge is 0.233 e. The first-order valence-corrected chi connectivity index (χ1v) is 6.62. The summed E-state index contributed by atoms with van der Waals surface area (Å²) in [6.07, 6.45) is 2.94. The monoisotopic (exact) mass is 266 g/mol. The summed E-state index contributed by atoms with van der Waals surface area (Å²) in [4.78, 5) is 10.9. The van der Waals surface area contributed by atoms with E-state index in [-0.39, 0.29) is 5.91 Å². The van der Waals surface area contributed by atoms with Crippen LogP contribution in [0.25, 0.3) is 0 Å². The van der Waals surface area contributed by atoms with Crippen LogP contribution in [0, 0.1) is 0 Å². The molecule has 0 aliphatic rings. The zero-order valence-electron chi connectivity index (χ0n) is 11.4. The van der Waals surface area contributed by atoms with E-state index in [2.05, 4.69) is 12.3 Å². The number of hydrogen-bond acceptors (Lipinski definition) is 4. The molecule has 0 bridgehead atoms. The van der Waals surface area contributed by atoms with Crippen molar-refractivity contribution < 1.29 is 14.3 Å². The van der Waals surface area contributed by atoms with Gasteiger partial charge < -0.3 is 9.47 Å². The molecular formula is C14H22N2O3. The van der Waals surface area contributed by atoms with Gasteiger partial charge in [0.05, 0.1) is 13.2 Å². The number of carbonyl (C=O) groups excluding carboxylic acids is 1. The van der Waals surface area contributed by atoms with Gasteiger partial charge in [-0.05, 0) is 31.4 Å². The van der Waals surface area contributed by atoms with Gasteiger partial charge in [0.2, 0.25) is 5.91 Å². The molecule has 0 saturated carbocycles. The van der Waals surface area contributed by atoms with Gasteiger partial charge in [-0.2, -0.15) is 0 Å². The second-order valence-electron chi connectivity index (χ2n) is 4.17. The number of nitrogens with one attached hydrogen (secondary N) is 1. The third-order valence-corrected chi connectivity index (χ3v) is 2.53. The molecule has 1 aromatic carbocycles. The second-order valence-corrected chi connectivity index (χ2v) is 4.17. The van der Waals surface area contributed by atoms with Crippen LogP contribution in [0.4, 0.5) is 0 Å². The molecule has 19 heavy (non-hydrogen) atoms. The fourth-order valence-electron chi connectivity index (χ4n) is 1.54. The third kappa shape index (κ3) is 6.10. The molecule has 0 saturated heterocycles. The number of carbonyl (C=O) groups is 1. The highest BCUT2D eigenvalue weighted by atomic mass is 16.5. The number of rotatable bonds is 9. The molecule has 0 heterocycles. The molecule has 0 aliphatic heterocycles. The number of amides is 1. The van der Waals surface area contributed by atoms with Gasteiger partial charge in [0.15, 0.2) is 11.5 Å². The Balaban J connectivity index is 2.30. The summed E-state index contributed by atoms with van der Waals surface area (Å²) >= 11 is 0. The van der Waals surface area contributed by atoms with Gasteiger partial charge in [0.1, 0.15) is 0 Å². The summed E-state index contributed by atoms with van der Waals surface area (Å²) < 4.78 is 11.3. The van der Waals surface area contributed by atoms with Crippen molar-refractivity contribution in [2.75, 3.05) is 13.2 Å². The highest BCUT2D eigenvalue weighted by molar-refractivity contribution is 5.75. The Morgan fingerprint density at radius 3 is 2.37 bits per heavy atom. The van der Waals surface area contributed by atoms with Crippen molar-refractivity contribution in [3.8, 4) is 11.5 Å². The standard InChI is InChI=1S/C14H22N2O3/c1-2-10-18-12-7-3-4-8-13(12)19-11-6-5-9-14(17)16-15/h3-4,7-8H,2,5-6,9-11,15H2,1H3,(H,16,17). The SMILES string of the molecule is CCCOc1ccccc1OCCCCC(=O)NN. The number of nitrogens with two attached hydrogens (primary N) is 1. The van der Waals surface area contributed by atoms with E-state index in [4.69, 9.17) is 15.3 Å². The van der Waals surface area contributed by atoms with E-state index < -0.39 is 0 Å². The molecule has 1 amide bonds. The molecule has 106 valence electrons. The van der Waals surface area contributed by atoms with Gasteiger partial charge in [-0.25, -0.2) is 5.84 Å². The van der Waals surface area contributed by atoms with E-state index in [1.807, 2.05) is 24.3 Å². The van der Waals surface area contributed by atoms with Crippen molar-refractivity contribution in [2.24, 2.45) is 5.84 Å². The Hall–Kier alpha value is -1.75. The van der Waals surface area contributed by atoms with E-state index in [0.29, 0.717) is 19.6 Å². The normalized spacial score (nSPS) is 10.0. The van der Waals surface area contributed by atoms with Crippen LogP contribution >= 0.6 is 0 Å². The lowest BCUT2D eigenvalue weighted by atomic mass is 10.2. The maximum atomic E-state index is 10.9. The molecular weight excluding hydrogens is 244 g/mol. The molecule has 5 heteroatoms. The molecule has 1 rings (SSSR count). The van der Waals surface area contributed by atoms with Gasteiger partial charge in [-0.15, -0.1) is 0 Å². The van der Waals surface area contributed by atoms with Crippen molar-refractivity contribution in [1.29, 1.82) is 0 Å². The summed E-state index contributed by atoms with van der Waals surface area (Å²) in [5, 5.41) is 0. The predicted molar refractivity (Wildman–Crippen MR) is 73.9 cm³/mol. The van der Waals surface area contributed by atoms with Crippen LogP contribution < -0.4 is 20.7 Å². The maximum Gasteiger partial charge on any atom is 0.233 e. The Bertz CT molecular complexity index is 383. The third-order valence-electron chi connectivity index (χ3n) is 2.53. The molecule has 1 aromatic rings. The average molecular weight is 266 g/mol. The summed E-state index contributed by atoms with van der Waals surface area (Å²) in [5.41, 5.74) is 2.11. The molecule has 0 spiro atoms. The van der Waals surface area contributed by atoms with E-state index in [1.54, 1.807) is 0 Å². The summed E-state index contributed by atoms with van der Waals surface area (Å²) in [6.45, 7) is 3.30. The van der Waals surface area contributed by atoms with Crippen molar-refractivity contribution in [2.45, 2.75) is 32.6 Å². The Kier molecular flexibility index (Phi) is 7.43. The average Bonchev–Trinajstić information content (AvgIpc) is 2.45. The number of benzene rings is 1. The van der Waals surface area contributed by atoms with Gasteiger partial charge in [0.25, 0.3) is 0 Å². The minimum absolute atomic E-state index is 0.147. The van der Waals surface area contributed by atoms with Crippen molar-refractivity contribution in [3.05, 3.63) is 24.3 Å². The number of unbranched alkanes of at least 4 members (excludes halogenated alkanes) is 1. The van der Waals surface area contributed by atoms with Crippen molar-refractivity contribution in [3.63, 3.8) is 0 Å². The molecule has 5 nitrogen and oxygen atoms in total. The number of ether oxygens (including phenoxy) is 2. The van der Waals surface area contributed by atoms with E-state index in [0.717, 1.165) is 30.8 Å². The van der Waals surface area contributed by atoms with Crippen LogP contribution in [0.5, 0.6) is 11.5 Å². The first-order valence-electron chi connectivity index (χ1n) is 6.62. The zero-order chi connectivity index (χ0) is 13.9. The van der Waals surface area contributed by atoms with Crippen molar-refractivity contribution >= 4 is 5.91 Å². The molecule has 0 aromatic heterocycles. The van der Waals surface area contributed by atoms with Crippen LogP contribution in [0.2, 0.25) is 0 Å². The molecule has 3 N–H and O–H groups in total. The van der Waals surface area contributed by atoms with Crippen LogP contribution in [-0.2, 0) is 4.79 Å². The highest BCUT2D eigenvalue weighted by Crippen LogP contribution is 2.26. The van der Waals surface area contributed by atoms with E-state index in [9.17, 15) is 4.79 Å². The van der Waals surface area contributed by atoms with Gasteiger partial charge in [-0.3, -0.25) is 10.2 Å². The van der Waals surface area contributed by atoms with E-state index >= 15 is 0 Å². The Morgan fingerprint density at radius 1 is 1.16 bits per heavy atom. The largest absolute Gasteiger partial charge is 0.490 e. The van der Waals surface area contributed by atoms with Crippen molar-refractivity contribution in [1.82, 2.24) is 5.43 Å². The molecule has 0 atom stereocenters. The molecule has 0 radical (unpaired) electrons. The first kappa shape index (κ1) is 15.3. The number of para-hydroxylation sites is 2. The highest BCUT2D eigenvalue weighted by Gasteiger charge is 2.04. The lowest BCUT2D eigenvalue weighted by molar-refractivity contribution is -0.121. The molecule has 0 unspecified atom stereocenters. The summed E-state index contributed by atoms with van der Waals surface area (Å²) in [7, 11) is 0. The number of hydrogen-bond donors (Lipinski definition) is 2. The maximum absolute atomic E-state index is 10.9. The van der Waals surface area contributed by atoms with Crippen LogP contribution in [0.15, 0.2) is 24.3 Å². The first-order chi connectivity index (χ1) is 9.27. The minimum Gasteiger partial charge on any atom is -0.490 e. The van der Waals surface area contributed by atoms with Crippen LogP contribution in [0.1, 0.15) is 32.6 Å². The quantitative estimate of drug-likeness (QED) is 0.310. The summed E-state index contributed by atoms with van der Waals surface area (Å²) in [5.74, 6) is 6.37. The summed E-state index contributed by atoms with van der Waals surface area (Å²) in [6, 6.07) is 7.61. The zero-order valence-corrected chi connectivity index (χ0v) is 11.4. The topological polar surface area (TPSA) is 73.6 Å². The fraction of sp³-hybridized carbons (Fsp3) is 0.500. The lowest BCUT2D eigenvalue weighted by Crippen LogP contribution is -2.29.